The molecule has 0 bridgehead atoms. The number of nitrogens with one attached hydrogen (secondary N) is 1. The highest BCUT2D eigenvalue weighted by molar-refractivity contribution is 7.89. The van der Waals surface area contributed by atoms with Gasteiger partial charge in [-0.25, -0.2) is 13.1 Å². The number of non-ortho nitro benzene ring substituents is 1. The van der Waals surface area contributed by atoms with E-state index < -0.39 is 14.9 Å². The highest BCUT2D eigenvalue weighted by Crippen LogP contribution is 2.22. The van der Waals surface area contributed by atoms with Crippen LogP contribution in [0.25, 0.3) is 11.4 Å². The first-order chi connectivity index (χ1) is 13.8. The lowest BCUT2D eigenvalue weighted by Gasteiger charge is -2.07. The van der Waals surface area contributed by atoms with Crippen LogP contribution in [0.15, 0.2) is 51.9 Å². The van der Waals surface area contributed by atoms with E-state index in [2.05, 4.69) is 14.9 Å². The zero-order chi connectivity index (χ0) is 21.0. The van der Waals surface area contributed by atoms with Crippen molar-refractivity contribution < 1.29 is 22.6 Å². The molecule has 2 aromatic carbocycles. The highest BCUT2D eigenvalue weighted by Gasteiger charge is 2.21. The summed E-state index contributed by atoms with van der Waals surface area (Å²) in [4.78, 5) is 14.2. The van der Waals surface area contributed by atoms with E-state index in [-0.39, 0.29) is 23.0 Å². The van der Waals surface area contributed by atoms with E-state index >= 15 is 0 Å². The molecule has 0 saturated heterocycles. The number of nitro benzene ring substituents is 1. The van der Waals surface area contributed by atoms with Crippen LogP contribution in [-0.4, -0.2) is 30.1 Å². The molecule has 3 rings (SSSR count). The van der Waals surface area contributed by atoms with Crippen molar-refractivity contribution in [3.8, 4) is 17.1 Å². The van der Waals surface area contributed by atoms with Crippen LogP contribution >= 0.6 is 0 Å². The fourth-order valence-corrected chi connectivity index (χ4v) is 3.77. The monoisotopic (exact) mass is 418 g/mol. The normalized spacial score (nSPS) is 11.4. The minimum atomic E-state index is -4.01. The molecular weight excluding hydrogens is 400 g/mol. The third-order valence-corrected chi connectivity index (χ3v) is 5.52. The van der Waals surface area contributed by atoms with Gasteiger partial charge in [-0.1, -0.05) is 11.2 Å². The number of ether oxygens (including phenoxy) is 1. The predicted molar refractivity (Wildman–Crippen MR) is 103 cm³/mol. The molecule has 0 aliphatic rings. The van der Waals surface area contributed by atoms with Crippen molar-refractivity contribution in [1.29, 1.82) is 0 Å². The fraction of sp³-hybridized carbons (Fsp3) is 0.222. The molecular formula is C18H18N4O6S. The maximum absolute atomic E-state index is 12.5. The van der Waals surface area contributed by atoms with Crippen molar-refractivity contribution in [3.63, 3.8) is 0 Å². The van der Waals surface area contributed by atoms with Crippen LogP contribution in [0.3, 0.4) is 0 Å². The standard InChI is InChI=1S/C18H18N4O6S/c1-3-27-15-8-5-13(6-9-15)18-20-17(28-21-18)11-19-29(25,26)16-10-14(22(23)24)7-4-12(16)2/h4-10,19H,3,11H2,1-2H3. The van der Waals surface area contributed by atoms with Gasteiger partial charge in [-0.15, -0.1) is 0 Å². The number of hydrogen-bond acceptors (Lipinski definition) is 8. The molecule has 0 aliphatic carbocycles. The van der Waals surface area contributed by atoms with E-state index in [4.69, 9.17) is 9.26 Å². The topological polar surface area (TPSA) is 137 Å². The second-order valence-electron chi connectivity index (χ2n) is 6.00. The van der Waals surface area contributed by atoms with Gasteiger partial charge in [0.05, 0.1) is 23.0 Å². The van der Waals surface area contributed by atoms with E-state index in [0.717, 1.165) is 6.07 Å². The molecule has 0 atom stereocenters. The summed E-state index contributed by atoms with van der Waals surface area (Å²) in [5.41, 5.74) is 0.746. The largest absolute Gasteiger partial charge is 0.494 e. The molecule has 11 heteroatoms. The third kappa shape index (κ3) is 4.76. The van der Waals surface area contributed by atoms with Crippen LogP contribution in [-0.2, 0) is 16.6 Å². The fourth-order valence-electron chi connectivity index (χ4n) is 2.54. The average molecular weight is 418 g/mol. The number of hydrogen-bond donors (Lipinski definition) is 1. The smallest absolute Gasteiger partial charge is 0.270 e. The van der Waals surface area contributed by atoms with E-state index in [1.54, 1.807) is 31.2 Å². The Morgan fingerprint density at radius 3 is 2.59 bits per heavy atom. The van der Waals surface area contributed by atoms with Gasteiger partial charge >= 0.3 is 0 Å². The number of nitrogens with zero attached hydrogens (tertiary/aromatic N) is 3. The molecule has 0 unspecified atom stereocenters. The van der Waals surface area contributed by atoms with Crippen LogP contribution in [0.1, 0.15) is 18.4 Å². The molecule has 152 valence electrons. The summed E-state index contributed by atoms with van der Waals surface area (Å²) in [6, 6.07) is 10.7. The van der Waals surface area contributed by atoms with Gasteiger partial charge in [-0.3, -0.25) is 10.1 Å². The van der Waals surface area contributed by atoms with Crippen LogP contribution in [0.4, 0.5) is 5.69 Å². The molecule has 1 N–H and O–H groups in total. The zero-order valence-electron chi connectivity index (χ0n) is 15.7. The third-order valence-electron chi connectivity index (χ3n) is 3.98. The van der Waals surface area contributed by atoms with Gasteiger partial charge in [0.25, 0.3) is 5.69 Å². The number of aryl methyl sites for hydroxylation is 1. The second-order valence-corrected chi connectivity index (χ2v) is 7.74. The summed E-state index contributed by atoms with van der Waals surface area (Å²) < 4.78 is 37.9. The molecule has 0 spiro atoms. The Balaban J connectivity index is 1.73. The van der Waals surface area contributed by atoms with Gasteiger partial charge in [0, 0.05) is 17.7 Å². The van der Waals surface area contributed by atoms with Crippen LogP contribution in [0.2, 0.25) is 0 Å². The van der Waals surface area contributed by atoms with E-state index in [1.165, 1.54) is 12.1 Å². The Hall–Kier alpha value is -3.31. The Morgan fingerprint density at radius 2 is 1.93 bits per heavy atom. The van der Waals surface area contributed by atoms with Gasteiger partial charge in [0.1, 0.15) is 5.75 Å². The number of sulfonamides is 1. The lowest BCUT2D eigenvalue weighted by molar-refractivity contribution is -0.385. The van der Waals surface area contributed by atoms with Gasteiger partial charge in [0.2, 0.25) is 21.7 Å². The molecule has 1 aromatic heterocycles. The first kappa shape index (κ1) is 20.4. The molecule has 10 nitrogen and oxygen atoms in total. The Bertz CT molecular complexity index is 1130. The van der Waals surface area contributed by atoms with Gasteiger partial charge < -0.3 is 9.26 Å². The van der Waals surface area contributed by atoms with Crippen LogP contribution in [0, 0.1) is 17.0 Å². The average Bonchev–Trinajstić information content (AvgIpc) is 3.16. The maximum atomic E-state index is 12.5. The minimum Gasteiger partial charge on any atom is -0.494 e. The first-order valence-electron chi connectivity index (χ1n) is 8.60. The van der Waals surface area contributed by atoms with Gasteiger partial charge in [0.15, 0.2) is 0 Å². The molecule has 0 saturated carbocycles. The van der Waals surface area contributed by atoms with Crippen molar-refractivity contribution in [2.45, 2.75) is 25.3 Å². The first-order valence-corrected chi connectivity index (χ1v) is 10.1. The molecule has 29 heavy (non-hydrogen) atoms. The minimum absolute atomic E-state index is 0.0561. The van der Waals surface area contributed by atoms with Gasteiger partial charge in [-0.2, -0.15) is 4.98 Å². The lowest BCUT2D eigenvalue weighted by atomic mass is 10.2. The Morgan fingerprint density at radius 1 is 1.21 bits per heavy atom. The summed E-state index contributed by atoms with van der Waals surface area (Å²) in [6.07, 6.45) is 0. The van der Waals surface area contributed by atoms with Crippen molar-refractivity contribution in [3.05, 3.63) is 64.0 Å². The van der Waals surface area contributed by atoms with Crippen molar-refractivity contribution in [2.75, 3.05) is 6.61 Å². The van der Waals surface area contributed by atoms with Crippen molar-refractivity contribution in [1.82, 2.24) is 14.9 Å². The van der Waals surface area contributed by atoms with Crippen molar-refractivity contribution >= 4 is 15.7 Å². The SMILES string of the molecule is CCOc1ccc(-c2noc(CNS(=O)(=O)c3cc([N+](=O)[O-])ccc3C)n2)cc1. The predicted octanol–water partition coefficient (Wildman–Crippen LogP) is 2.83. The van der Waals surface area contributed by atoms with Gasteiger partial charge in [-0.05, 0) is 43.7 Å². The number of aromatic nitrogens is 2. The molecule has 3 aromatic rings. The summed E-state index contributed by atoms with van der Waals surface area (Å²) >= 11 is 0. The molecule has 0 radical (unpaired) electrons. The summed E-state index contributed by atoms with van der Waals surface area (Å²) in [6.45, 7) is 3.73. The van der Waals surface area contributed by atoms with E-state index in [0.29, 0.717) is 29.3 Å². The maximum Gasteiger partial charge on any atom is 0.270 e. The molecule has 1 heterocycles. The summed E-state index contributed by atoms with van der Waals surface area (Å²) in [5.74, 6) is 1.06. The highest BCUT2D eigenvalue weighted by atomic mass is 32.2. The molecule has 0 amide bonds. The second kappa shape index (κ2) is 8.37. The Labute approximate surface area is 166 Å². The number of rotatable bonds is 8. The Kier molecular flexibility index (Phi) is 5.89. The van der Waals surface area contributed by atoms with Crippen LogP contribution in [0.5, 0.6) is 5.75 Å². The quantitative estimate of drug-likeness (QED) is 0.435. The number of benzene rings is 2. The summed E-state index contributed by atoms with van der Waals surface area (Å²) in [5, 5.41) is 14.8. The number of nitro groups is 1. The molecule has 0 fully saturated rings. The van der Waals surface area contributed by atoms with E-state index in [9.17, 15) is 18.5 Å². The zero-order valence-corrected chi connectivity index (χ0v) is 16.5. The summed E-state index contributed by atoms with van der Waals surface area (Å²) in [7, 11) is -4.01. The van der Waals surface area contributed by atoms with Crippen LogP contribution < -0.4 is 9.46 Å². The van der Waals surface area contributed by atoms with E-state index in [1.807, 2.05) is 6.92 Å². The van der Waals surface area contributed by atoms with Crippen molar-refractivity contribution in [2.24, 2.45) is 0 Å². The molecule has 0 aliphatic heterocycles. The lowest BCUT2D eigenvalue weighted by Crippen LogP contribution is -2.24.